The third-order valence-corrected chi connectivity index (χ3v) is 2.90. The Morgan fingerprint density at radius 3 is 2.63 bits per heavy atom. The minimum Gasteiger partial charge on any atom is -0.482 e. The van der Waals surface area contributed by atoms with Gasteiger partial charge >= 0.3 is 5.97 Å². The molecule has 19 heavy (non-hydrogen) atoms. The third kappa shape index (κ3) is 3.78. The van der Waals surface area contributed by atoms with E-state index >= 15 is 0 Å². The number of hydrogen-bond acceptors (Lipinski definition) is 5. The fourth-order valence-electron chi connectivity index (χ4n) is 1.30. The van der Waals surface area contributed by atoms with Crippen molar-refractivity contribution in [3.8, 4) is 5.75 Å². The molecule has 1 heterocycles. The average molecular weight is 278 g/mol. The molecule has 0 atom stereocenters. The van der Waals surface area contributed by atoms with Crippen LogP contribution >= 0.6 is 11.3 Å². The minimum absolute atomic E-state index is 0.235. The maximum Gasteiger partial charge on any atom is 0.341 e. The average Bonchev–Trinajstić information content (AvgIpc) is 2.92. The van der Waals surface area contributed by atoms with Crippen LogP contribution in [0.25, 0.3) is 0 Å². The quantitative estimate of drug-likeness (QED) is 0.871. The molecular formula is C12H10N2O4S. The van der Waals surface area contributed by atoms with Crippen molar-refractivity contribution < 1.29 is 19.4 Å². The smallest absolute Gasteiger partial charge is 0.341 e. The second-order valence-corrected chi connectivity index (χ2v) is 4.41. The van der Waals surface area contributed by atoms with Gasteiger partial charge in [-0.1, -0.05) is 0 Å². The van der Waals surface area contributed by atoms with E-state index in [4.69, 9.17) is 9.84 Å². The van der Waals surface area contributed by atoms with Gasteiger partial charge in [-0.3, -0.25) is 9.78 Å². The molecule has 0 aliphatic carbocycles. The Hall–Kier alpha value is -2.41. The first-order chi connectivity index (χ1) is 9.15. The number of amides is 1. The number of anilines is 1. The van der Waals surface area contributed by atoms with Crippen molar-refractivity contribution >= 4 is 28.9 Å². The fraction of sp³-hybridized carbons (Fsp3) is 0.0833. The lowest BCUT2D eigenvalue weighted by molar-refractivity contribution is -0.139. The Morgan fingerprint density at radius 2 is 2.05 bits per heavy atom. The van der Waals surface area contributed by atoms with Gasteiger partial charge < -0.3 is 15.2 Å². The fourth-order valence-corrected chi connectivity index (χ4v) is 1.82. The SMILES string of the molecule is O=C(O)COc1ccc(NC(=O)c2cncs2)cc1. The lowest BCUT2D eigenvalue weighted by atomic mass is 10.3. The zero-order valence-electron chi connectivity index (χ0n) is 9.70. The minimum atomic E-state index is -1.04. The highest BCUT2D eigenvalue weighted by atomic mass is 32.1. The molecule has 1 amide bonds. The molecule has 0 aliphatic rings. The Kier molecular flexibility index (Phi) is 4.09. The number of carbonyl (C=O) groups excluding carboxylic acids is 1. The number of carbonyl (C=O) groups is 2. The standard InChI is InChI=1S/C12H10N2O4S/c15-11(16)6-18-9-3-1-8(2-4-9)14-12(17)10-5-13-7-19-10/h1-5,7H,6H2,(H,14,17)(H,15,16). The van der Waals surface area contributed by atoms with E-state index in [1.807, 2.05) is 0 Å². The summed E-state index contributed by atoms with van der Waals surface area (Å²) in [6.07, 6.45) is 1.49. The number of nitrogens with one attached hydrogen (secondary N) is 1. The first-order valence-corrected chi connectivity index (χ1v) is 6.17. The van der Waals surface area contributed by atoms with Crippen LogP contribution in [0.1, 0.15) is 9.67 Å². The summed E-state index contributed by atoms with van der Waals surface area (Å²) in [5.74, 6) is -0.845. The second-order valence-electron chi connectivity index (χ2n) is 3.53. The summed E-state index contributed by atoms with van der Waals surface area (Å²) in [4.78, 5) is 26.4. The van der Waals surface area contributed by atoms with Crippen molar-refractivity contribution in [2.45, 2.75) is 0 Å². The summed E-state index contributed by atoms with van der Waals surface area (Å²) in [6, 6.07) is 6.45. The van der Waals surface area contributed by atoms with Gasteiger partial charge in [0.2, 0.25) is 0 Å². The summed E-state index contributed by atoms with van der Waals surface area (Å²) in [6.45, 7) is -0.396. The molecule has 0 saturated carbocycles. The molecule has 7 heteroatoms. The molecule has 2 rings (SSSR count). The maximum absolute atomic E-state index is 11.7. The molecule has 0 spiro atoms. The number of hydrogen-bond donors (Lipinski definition) is 2. The molecular weight excluding hydrogens is 268 g/mol. The Bertz CT molecular complexity index is 566. The van der Waals surface area contributed by atoms with E-state index in [9.17, 15) is 9.59 Å². The molecule has 0 radical (unpaired) electrons. The predicted molar refractivity (Wildman–Crippen MR) is 69.6 cm³/mol. The Labute approximate surface area is 112 Å². The molecule has 2 N–H and O–H groups in total. The van der Waals surface area contributed by atoms with E-state index < -0.39 is 12.6 Å². The van der Waals surface area contributed by atoms with E-state index in [2.05, 4.69) is 10.3 Å². The summed E-state index contributed by atoms with van der Waals surface area (Å²) < 4.78 is 4.98. The zero-order valence-corrected chi connectivity index (χ0v) is 10.5. The largest absolute Gasteiger partial charge is 0.482 e. The van der Waals surface area contributed by atoms with Crippen LogP contribution in [0, 0.1) is 0 Å². The number of ether oxygens (including phenoxy) is 1. The molecule has 1 aromatic carbocycles. The third-order valence-electron chi connectivity index (χ3n) is 2.13. The summed E-state index contributed by atoms with van der Waals surface area (Å²) in [5.41, 5.74) is 2.18. The molecule has 0 fully saturated rings. The van der Waals surface area contributed by atoms with Crippen LogP contribution in [0.5, 0.6) is 5.75 Å². The van der Waals surface area contributed by atoms with Gasteiger partial charge in [-0.05, 0) is 24.3 Å². The summed E-state index contributed by atoms with van der Waals surface area (Å²) in [5, 5.41) is 11.2. The lowest BCUT2D eigenvalue weighted by Crippen LogP contribution is -2.11. The normalized spacial score (nSPS) is 9.89. The number of carboxylic acid groups (broad SMARTS) is 1. The van der Waals surface area contributed by atoms with Gasteiger partial charge in [-0.2, -0.15) is 0 Å². The first kappa shape index (κ1) is 13.0. The summed E-state index contributed by atoms with van der Waals surface area (Å²) in [7, 11) is 0. The van der Waals surface area contributed by atoms with Crippen molar-refractivity contribution in [1.29, 1.82) is 0 Å². The molecule has 98 valence electrons. The maximum atomic E-state index is 11.7. The molecule has 1 aromatic heterocycles. The van der Waals surface area contributed by atoms with E-state index in [1.54, 1.807) is 29.8 Å². The topological polar surface area (TPSA) is 88.5 Å². The van der Waals surface area contributed by atoms with Crippen LogP contribution < -0.4 is 10.1 Å². The van der Waals surface area contributed by atoms with Gasteiger partial charge in [-0.25, -0.2) is 4.79 Å². The Balaban J connectivity index is 1.95. The van der Waals surface area contributed by atoms with E-state index in [0.29, 0.717) is 16.3 Å². The highest BCUT2D eigenvalue weighted by molar-refractivity contribution is 7.11. The van der Waals surface area contributed by atoms with Crippen molar-refractivity contribution in [2.75, 3.05) is 11.9 Å². The molecule has 2 aromatic rings. The number of rotatable bonds is 5. The molecule has 0 saturated heterocycles. The van der Waals surface area contributed by atoms with Crippen LogP contribution in [0.2, 0.25) is 0 Å². The monoisotopic (exact) mass is 278 g/mol. The van der Waals surface area contributed by atoms with E-state index in [-0.39, 0.29) is 5.91 Å². The van der Waals surface area contributed by atoms with Gasteiger partial charge in [0.25, 0.3) is 5.91 Å². The van der Waals surface area contributed by atoms with Gasteiger partial charge in [-0.15, -0.1) is 11.3 Å². The van der Waals surface area contributed by atoms with E-state index in [0.717, 1.165) is 0 Å². The number of aliphatic carboxylic acids is 1. The van der Waals surface area contributed by atoms with Crippen molar-refractivity contribution in [3.63, 3.8) is 0 Å². The van der Waals surface area contributed by atoms with Crippen molar-refractivity contribution in [1.82, 2.24) is 4.98 Å². The van der Waals surface area contributed by atoms with Crippen LogP contribution in [0.15, 0.2) is 36.0 Å². The number of nitrogens with zero attached hydrogens (tertiary/aromatic N) is 1. The number of aromatic nitrogens is 1. The number of thiazole rings is 1. The van der Waals surface area contributed by atoms with Crippen LogP contribution in [-0.4, -0.2) is 28.6 Å². The van der Waals surface area contributed by atoms with Gasteiger partial charge in [0.1, 0.15) is 10.6 Å². The zero-order chi connectivity index (χ0) is 13.7. The molecule has 0 unspecified atom stereocenters. The number of carboxylic acids is 1. The van der Waals surface area contributed by atoms with Crippen LogP contribution in [-0.2, 0) is 4.79 Å². The lowest BCUT2D eigenvalue weighted by Gasteiger charge is -2.06. The van der Waals surface area contributed by atoms with Crippen molar-refractivity contribution in [3.05, 3.63) is 40.8 Å². The van der Waals surface area contributed by atoms with Crippen LogP contribution in [0.4, 0.5) is 5.69 Å². The second kappa shape index (κ2) is 5.96. The van der Waals surface area contributed by atoms with E-state index in [1.165, 1.54) is 17.5 Å². The van der Waals surface area contributed by atoms with Gasteiger partial charge in [0, 0.05) is 5.69 Å². The highest BCUT2D eigenvalue weighted by Gasteiger charge is 2.07. The van der Waals surface area contributed by atoms with Gasteiger partial charge in [0.05, 0.1) is 11.7 Å². The first-order valence-electron chi connectivity index (χ1n) is 5.29. The molecule has 0 bridgehead atoms. The number of benzene rings is 1. The van der Waals surface area contributed by atoms with Crippen molar-refractivity contribution in [2.24, 2.45) is 0 Å². The highest BCUT2D eigenvalue weighted by Crippen LogP contribution is 2.17. The Morgan fingerprint density at radius 1 is 1.32 bits per heavy atom. The summed E-state index contributed by atoms with van der Waals surface area (Å²) >= 11 is 1.25. The molecule has 0 aliphatic heterocycles. The van der Waals surface area contributed by atoms with Gasteiger partial charge in [0.15, 0.2) is 6.61 Å². The molecule has 6 nitrogen and oxygen atoms in total. The predicted octanol–water partition coefficient (Wildman–Crippen LogP) is 1.86. The van der Waals surface area contributed by atoms with Crippen LogP contribution in [0.3, 0.4) is 0 Å².